The molecule has 5 rings (SSSR count). The van der Waals surface area contributed by atoms with Gasteiger partial charge >= 0.3 is 12.2 Å². The minimum atomic E-state index is -4.74. The minimum Gasteiger partial charge on any atom is -0.490 e. The average molecular weight is 796 g/mol. The van der Waals surface area contributed by atoms with Crippen molar-refractivity contribution in [3.8, 4) is 16.9 Å². The Hall–Kier alpha value is -3.88. The van der Waals surface area contributed by atoms with E-state index in [9.17, 15) is 46.8 Å². The third kappa shape index (κ3) is 10.5. The number of carbonyl (C=O) groups is 1. The number of halogens is 3. The Morgan fingerprint density at radius 2 is 1.75 bits per heavy atom. The fraction of sp³-hybridized carbons (Fsp3) is 0.514. The van der Waals surface area contributed by atoms with E-state index in [0.717, 1.165) is 57.8 Å². The molecule has 2 saturated carbocycles. The first kappa shape index (κ1) is 42.3. The van der Waals surface area contributed by atoms with Gasteiger partial charge < -0.3 is 46.2 Å². The maximum atomic E-state index is 14.2. The predicted octanol–water partition coefficient (Wildman–Crippen LogP) is 2.22. The minimum absolute atomic E-state index is 0.0255. The Morgan fingerprint density at radius 1 is 1.02 bits per heavy atom. The van der Waals surface area contributed by atoms with E-state index in [0.29, 0.717) is 12.8 Å². The molecule has 18 heteroatoms. The molecule has 3 aromatic rings. The summed E-state index contributed by atoms with van der Waals surface area (Å²) in [6, 6.07) is 10.1. The van der Waals surface area contributed by atoms with Crippen LogP contribution in [0.1, 0.15) is 55.2 Å². The molecule has 0 aliphatic heterocycles. The fourth-order valence-corrected chi connectivity index (χ4v) is 7.51. The summed E-state index contributed by atoms with van der Waals surface area (Å²) in [5.41, 5.74) is 0.659. The van der Waals surface area contributed by atoms with Gasteiger partial charge in [-0.1, -0.05) is 18.2 Å². The van der Waals surface area contributed by atoms with Crippen LogP contribution in [0.15, 0.2) is 65.8 Å². The summed E-state index contributed by atoms with van der Waals surface area (Å²) < 4.78 is 77.0. The van der Waals surface area contributed by atoms with Crippen molar-refractivity contribution in [1.82, 2.24) is 25.2 Å². The van der Waals surface area contributed by atoms with Crippen LogP contribution in [0.25, 0.3) is 11.1 Å². The van der Waals surface area contributed by atoms with Gasteiger partial charge in [-0.3, -0.25) is 4.98 Å². The molecule has 4 atom stereocenters. The number of para-hydroxylation sites is 1. The fourth-order valence-electron chi connectivity index (χ4n) is 6.25. The molecule has 1 aromatic heterocycles. The first-order chi connectivity index (χ1) is 26.1. The van der Waals surface area contributed by atoms with Crippen molar-refractivity contribution in [2.75, 3.05) is 33.4 Å². The highest BCUT2D eigenvalue weighted by molar-refractivity contribution is 7.89. The lowest BCUT2D eigenvalue weighted by molar-refractivity contribution is -0.138. The van der Waals surface area contributed by atoms with Gasteiger partial charge in [0.2, 0.25) is 10.0 Å². The van der Waals surface area contributed by atoms with Crippen molar-refractivity contribution >= 4 is 16.1 Å². The molecule has 302 valence electrons. The number of pyridine rings is 1. The van der Waals surface area contributed by atoms with Crippen LogP contribution in [-0.4, -0.2) is 113 Å². The van der Waals surface area contributed by atoms with Crippen LogP contribution in [0.4, 0.5) is 18.0 Å². The third-order valence-electron chi connectivity index (χ3n) is 9.83. The zero-order chi connectivity index (χ0) is 40.0. The molecule has 8 N–H and O–H groups in total. The lowest BCUT2D eigenvalue weighted by Crippen LogP contribution is -2.56. The largest absolute Gasteiger partial charge is 0.490 e. The molecule has 0 unspecified atom stereocenters. The van der Waals surface area contributed by atoms with E-state index >= 15 is 0 Å². The summed E-state index contributed by atoms with van der Waals surface area (Å²) >= 11 is 0. The topological polar surface area (TPSA) is 214 Å². The number of carbonyl (C=O) groups excluding carboxylic acids is 1. The van der Waals surface area contributed by atoms with Gasteiger partial charge in [-0.25, -0.2) is 17.5 Å². The number of aliphatic hydroxyl groups excluding tert-OH is 5. The Morgan fingerprint density at radius 3 is 2.40 bits per heavy atom. The van der Waals surface area contributed by atoms with E-state index in [-0.39, 0.29) is 49.0 Å². The zero-order valence-electron chi connectivity index (χ0n) is 30.2. The van der Waals surface area contributed by atoms with Crippen LogP contribution in [-0.2, 0) is 28.3 Å². The number of alkyl halides is 3. The third-order valence-corrected chi connectivity index (χ3v) is 11.7. The summed E-state index contributed by atoms with van der Waals surface area (Å²) in [4.78, 5) is 16.3. The number of hydrogen-bond acceptors (Lipinski definition) is 11. The van der Waals surface area contributed by atoms with Crippen LogP contribution in [0.5, 0.6) is 5.75 Å². The number of benzene rings is 2. The molecule has 1 heterocycles. The maximum absolute atomic E-state index is 14.2. The van der Waals surface area contributed by atoms with Crippen LogP contribution < -0.4 is 20.7 Å². The summed E-state index contributed by atoms with van der Waals surface area (Å²) in [7, 11) is -2.92. The van der Waals surface area contributed by atoms with Gasteiger partial charge in [0, 0.05) is 50.2 Å². The van der Waals surface area contributed by atoms with Gasteiger partial charge in [-0.05, 0) is 85.5 Å². The van der Waals surface area contributed by atoms with E-state index in [1.165, 1.54) is 7.05 Å². The van der Waals surface area contributed by atoms with E-state index in [1.54, 1.807) is 12.4 Å². The quantitative estimate of drug-likeness (QED) is 0.0777. The molecule has 0 spiro atoms. The highest BCUT2D eigenvalue weighted by Gasteiger charge is 2.46. The number of unbranched alkanes of at least 4 members (excludes halogenated alkanes) is 1. The Balaban J connectivity index is 1.21. The summed E-state index contributed by atoms with van der Waals surface area (Å²) in [5, 5.41) is 55.9. The van der Waals surface area contributed by atoms with Gasteiger partial charge in [-0.2, -0.15) is 13.2 Å². The summed E-state index contributed by atoms with van der Waals surface area (Å²) in [6.07, 6.45) is -2.79. The van der Waals surface area contributed by atoms with Crippen molar-refractivity contribution < 1.29 is 56.7 Å². The molecule has 2 amide bonds. The number of urea groups is 1. The van der Waals surface area contributed by atoms with Gasteiger partial charge in [0.25, 0.3) is 0 Å². The van der Waals surface area contributed by atoms with Crippen LogP contribution in [0.2, 0.25) is 0 Å². The lowest BCUT2D eigenvalue weighted by Gasteiger charge is -2.28. The number of nitrogens with zero attached hydrogens (tertiary/aromatic N) is 2. The SMILES string of the molecule is CN(CCCCNC(=O)N[C@@H](CO)[C@@H](O)[C@H](O)[C@H](O)CO)S(=O)(=O)c1ccc(C(F)(F)F)c(CNC2(c3cnccc3-c3ccccc3OC3CC3)CC2)c1. The molecule has 2 fully saturated rings. The number of amides is 2. The van der Waals surface area contributed by atoms with Gasteiger partial charge in [0.05, 0.1) is 35.8 Å². The molecule has 0 saturated heterocycles. The number of aromatic nitrogens is 1. The zero-order valence-corrected chi connectivity index (χ0v) is 31.1. The highest BCUT2D eigenvalue weighted by atomic mass is 32.2. The van der Waals surface area contributed by atoms with Crippen LogP contribution in [0.3, 0.4) is 0 Å². The van der Waals surface area contributed by atoms with Gasteiger partial charge in [0.15, 0.2) is 0 Å². The smallest absolute Gasteiger partial charge is 0.416 e. The molecule has 2 aromatic carbocycles. The molecule has 55 heavy (non-hydrogen) atoms. The normalized spacial score (nSPS) is 17.6. The van der Waals surface area contributed by atoms with Crippen molar-refractivity contribution in [3.05, 3.63) is 77.6 Å². The number of sulfonamides is 1. The van der Waals surface area contributed by atoms with Gasteiger partial charge in [-0.15, -0.1) is 0 Å². The molecule has 14 nitrogen and oxygen atoms in total. The standard InChI is InChI=1S/C37H48F3N5O9S/c1-45(17-5-4-15-42-35(51)44-30(21-46)33(49)34(50)31(48)22-47)55(52,53)25-10-11-28(37(38,39)40)23(18-25)19-43-36(13-14-36)29-20-41-16-12-26(29)27-6-2-3-7-32(27)54-24-8-9-24/h2-3,6-7,10-12,16,18,20,24,30-31,33-34,43,46-50H,4-5,8-9,13-15,17,19,21-22H2,1H3,(H2,42,44,51)/t30-,31+,33+,34+/m0/s1. The van der Waals surface area contributed by atoms with Gasteiger partial charge in [0.1, 0.15) is 24.1 Å². The number of aliphatic hydroxyl groups is 5. The number of hydrogen-bond donors (Lipinski definition) is 8. The summed E-state index contributed by atoms with van der Waals surface area (Å²) in [6.45, 7) is -1.88. The maximum Gasteiger partial charge on any atom is 0.416 e. The first-order valence-corrected chi connectivity index (χ1v) is 19.5. The molecule has 2 aliphatic carbocycles. The lowest BCUT2D eigenvalue weighted by atomic mass is 9.94. The molecule has 2 aliphatic rings. The first-order valence-electron chi connectivity index (χ1n) is 18.0. The second kappa shape index (κ2) is 17.9. The van der Waals surface area contributed by atoms with Crippen LogP contribution in [0, 0.1) is 0 Å². The Labute approximate surface area is 317 Å². The van der Waals surface area contributed by atoms with Crippen LogP contribution >= 0.6 is 0 Å². The second-order valence-electron chi connectivity index (χ2n) is 13.9. The number of ether oxygens (including phenoxy) is 1. The summed E-state index contributed by atoms with van der Waals surface area (Å²) in [5.74, 6) is 0.721. The molecule has 0 radical (unpaired) electrons. The van der Waals surface area contributed by atoms with E-state index in [2.05, 4.69) is 20.9 Å². The van der Waals surface area contributed by atoms with Crippen molar-refractivity contribution in [2.45, 2.75) is 92.1 Å². The number of rotatable bonds is 20. The molecular formula is C37H48F3N5O9S. The Bertz CT molecular complexity index is 1880. The van der Waals surface area contributed by atoms with Crippen molar-refractivity contribution in [3.63, 3.8) is 0 Å². The second-order valence-corrected chi connectivity index (χ2v) is 16.0. The monoisotopic (exact) mass is 795 g/mol. The van der Waals surface area contributed by atoms with E-state index in [4.69, 9.17) is 9.84 Å². The predicted molar refractivity (Wildman–Crippen MR) is 194 cm³/mol. The van der Waals surface area contributed by atoms with E-state index < -0.39 is 70.9 Å². The average Bonchev–Trinajstić information content (AvgIpc) is 4.12. The Kier molecular flexibility index (Phi) is 13.8. The van der Waals surface area contributed by atoms with Crippen molar-refractivity contribution in [1.29, 1.82) is 0 Å². The highest BCUT2D eigenvalue weighted by Crippen LogP contribution is 2.50. The molecular weight excluding hydrogens is 747 g/mol. The number of nitrogens with one attached hydrogen (secondary N) is 3. The molecule has 0 bridgehead atoms. The van der Waals surface area contributed by atoms with Crippen molar-refractivity contribution in [2.24, 2.45) is 0 Å². The van der Waals surface area contributed by atoms with E-state index in [1.807, 2.05) is 30.3 Å².